The van der Waals surface area contributed by atoms with Gasteiger partial charge in [0, 0.05) is 5.56 Å². The van der Waals surface area contributed by atoms with Crippen molar-refractivity contribution in [3.8, 4) is 0 Å². The number of thiazole rings is 1. The first kappa shape index (κ1) is 23.8. The van der Waals surface area contributed by atoms with Crippen LogP contribution in [0.5, 0.6) is 0 Å². The van der Waals surface area contributed by atoms with Gasteiger partial charge in [0.2, 0.25) is 0 Å². The second-order valence-corrected chi connectivity index (χ2v) is 10.3. The number of benzene rings is 1. The number of carbonyl (C=O) groups is 2. The summed E-state index contributed by atoms with van der Waals surface area (Å²) in [6.07, 6.45) is 1.92. The van der Waals surface area contributed by atoms with Crippen molar-refractivity contribution in [2.24, 2.45) is 5.16 Å². The third kappa shape index (κ3) is 5.69. The zero-order chi connectivity index (χ0) is 23.3. The van der Waals surface area contributed by atoms with Gasteiger partial charge in [-0.05, 0) is 38.8 Å². The molecular weight excluding hydrogens is 458 g/mol. The lowest BCUT2D eigenvalue weighted by Crippen LogP contribution is -2.25. The molecule has 0 radical (unpaired) electrons. The first-order valence-electron chi connectivity index (χ1n) is 9.89. The number of nitrogens with one attached hydrogen (secondary N) is 1. The molecule has 12 heteroatoms. The molecule has 0 aliphatic heterocycles. The molecule has 1 fully saturated rings. The van der Waals surface area contributed by atoms with E-state index in [1.165, 1.54) is 30.5 Å². The number of hydrogen-bond acceptors (Lipinski definition) is 10. The van der Waals surface area contributed by atoms with Gasteiger partial charge in [-0.25, -0.2) is 18.2 Å². The average molecular weight is 482 g/mol. The van der Waals surface area contributed by atoms with Crippen molar-refractivity contribution in [2.75, 3.05) is 18.5 Å². The van der Waals surface area contributed by atoms with Crippen molar-refractivity contribution >= 4 is 43.9 Å². The summed E-state index contributed by atoms with van der Waals surface area (Å²) in [5, 5.41) is 15.4. The molecule has 2 aromatic rings. The number of rotatable bonds is 10. The van der Waals surface area contributed by atoms with Crippen LogP contribution >= 0.6 is 11.3 Å². The van der Waals surface area contributed by atoms with Crippen molar-refractivity contribution in [1.82, 2.24) is 4.98 Å². The highest BCUT2D eigenvalue weighted by molar-refractivity contribution is 7.92. The maximum absolute atomic E-state index is 12.9. The fourth-order valence-electron chi connectivity index (χ4n) is 2.56. The van der Waals surface area contributed by atoms with Crippen LogP contribution in [0.2, 0.25) is 0 Å². The molecule has 1 atom stereocenters. The number of carbonyl (C=O) groups excluding carboxylic acids is 2. The van der Waals surface area contributed by atoms with E-state index in [9.17, 15) is 18.0 Å². The topological polar surface area (TPSA) is 144 Å². The Morgan fingerprint density at radius 2 is 2.00 bits per heavy atom. The van der Waals surface area contributed by atoms with Crippen LogP contribution in [-0.4, -0.2) is 60.7 Å². The Morgan fingerprint density at radius 3 is 2.59 bits per heavy atom. The number of oxime groups is 1. The Morgan fingerprint density at radius 1 is 1.31 bits per heavy atom. The van der Waals surface area contributed by atoms with E-state index in [0.717, 1.165) is 11.3 Å². The van der Waals surface area contributed by atoms with Gasteiger partial charge >= 0.3 is 5.97 Å². The van der Waals surface area contributed by atoms with Crippen LogP contribution in [0.4, 0.5) is 5.13 Å². The summed E-state index contributed by atoms with van der Waals surface area (Å²) in [4.78, 5) is 34.2. The van der Waals surface area contributed by atoms with Crippen molar-refractivity contribution in [3.05, 3.63) is 40.9 Å². The molecule has 0 spiro atoms. The summed E-state index contributed by atoms with van der Waals surface area (Å²) in [6.45, 7) is 3.14. The Kier molecular flexibility index (Phi) is 7.59. The van der Waals surface area contributed by atoms with Gasteiger partial charge in [0.05, 0.1) is 29.6 Å². The molecule has 1 aliphatic carbocycles. The van der Waals surface area contributed by atoms with E-state index < -0.39 is 27.8 Å². The van der Waals surface area contributed by atoms with Gasteiger partial charge in [0.1, 0.15) is 11.0 Å². The van der Waals surface area contributed by atoms with E-state index in [4.69, 9.17) is 14.7 Å². The molecule has 0 unspecified atom stereocenters. The number of esters is 1. The maximum atomic E-state index is 12.9. The molecule has 32 heavy (non-hydrogen) atoms. The maximum Gasteiger partial charge on any atom is 0.350 e. The minimum Gasteiger partial charge on any atom is -0.462 e. The van der Waals surface area contributed by atoms with Gasteiger partial charge in [0.25, 0.3) is 5.91 Å². The zero-order valence-electron chi connectivity index (χ0n) is 17.5. The average Bonchev–Trinajstić information content (AvgIpc) is 3.54. The van der Waals surface area contributed by atoms with Crippen LogP contribution in [0.3, 0.4) is 0 Å². The number of nitrogens with zero attached hydrogens (tertiary/aromatic N) is 2. The normalized spacial score (nSPS) is 15.2. The molecule has 1 aromatic carbocycles. The van der Waals surface area contributed by atoms with Crippen molar-refractivity contribution in [3.63, 3.8) is 0 Å². The highest BCUT2D eigenvalue weighted by Crippen LogP contribution is 2.33. The standard InChI is InChI=1S/C20H23N3O7S2/c1-3-29-19(26)16-10-21-20(31-16)22-18(25)17(23-30-12(2)11-24)13-4-6-14(7-5-13)32(27,28)15-8-9-15/h4-7,10,12,15,24H,3,8-9,11H2,1-2H3,(H,21,22,25)/b23-17+/t12-/m1/s1. The number of hydrogen-bond donors (Lipinski definition) is 2. The fourth-order valence-corrected chi connectivity index (χ4v) is 4.92. The number of aliphatic hydroxyl groups excluding tert-OH is 1. The van der Waals surface area contributed by atoms with Crippen LogP contribution in [0.25, 0.3) is 0 Å². The van der Waals surface area contributed by atoms with Gasteiger partial charge in [-0.2, -0.15) is 0 Å². The van der Waals surface area contributed by atoms with Crippen molar-refractivity contribution < 1.29 is 32.7 Å². The lowest BCUT2D eigenvalue weighted by atomic mass is 10.1. The second-order valence-electron chi connectivity index (χ2n) is 7.01. The number of aromatic nitrogens is 1. The minimum absolute atomic E-state index is 0.145. The van der Waals surface area contributed by atoms with Crippen LogP contribution < -0.4 is 5.32 Å². The largest absolute Gasteiger partial charge is 0.462 e. The zero-order valence-corrected chi connectivity index (χ0v) is 19.1. The van der Waals surface area contributed by atoms with E-state index >= 15 is 0 Å². The van der Waals surface area contributed by atoms with Gasteiger partial charge in [-0.15, -0.1) is 0 Å². The Bertz CT molecular complexity index is 1110. The van der Waals surface area contributed by atoms with E-state index in [0.29, 0.717) is 18.4 Å². The summed E-state index contributed by atoms with van der Waals surface area (Å²) < 4.78 is 29.7. The molecule has 172 valence electrons. The summed E-state index contributed by atoms with van der Waals surface area (Å²) in [7, 11) is -3.37. The lowest BCUT2D eigenvalue weighted by molar-refractivity contribution is -0.110. The molecule has 0 bridgehead atoms. The number of anilines is 1. The lowest BCUT2D eigenvalue weighted by Gasteiger charge is -2.10. The van der Waals surface area contributed by atoms with E-state index in [1.54, 1.807) is 13.8 Å². The Hall–Kier alpha value is -2.83. The molecule has 10 nitrogen and oxygen atoms in total. The predicted octanol–water partition coefficient (Wildman–Crippen LogP) is 2.00. The quantitative estimate of drug-likeness (QED) is 0.298. The Balaban J connectivity index is 1.82. The monoisotopic (exact) mass is 481 g/mol. The molecule has 2 N–H and O–H groups in total. The van der Waals surface area contributed by atoms with Crippen LogP contribution in [0, 0.1) is 0 Å². The smallest absolute Gasteiger partial charge is 0.350 e. The van der Waals surface area contributed by atoms with E-state index in [2.05, 4.69) is 15.5 Å². The van der Waals surface area contributed by atoms with Crippen molar-refractivity contribution in [2.45, 2.75) is 42.9 Å². The highest BCUT2D eigenvalue weighted by atomic mass is 32.2. The predicted molar refractivity (Wildman–Crippen MR) is 118 cm³/mol. The van der Waals surface area contributed by atoms with E-state index in [-0.39, 0.29) is 39.1 Å². The number of ether oxygens (including phenoxy) is 1. The molecule has 1 aliphatic rings. The summed E-state index contributed by atoms with van der Waals surface area (Å²) in [5.41, 5.74) is 0.165. The third-order valence-electron chi connectivity index (χ3n) is 4.42. The van der Waals surface area contributed by atoms with Crippen molar-refractivity contribution in [1.29, 1.82) is 0 Å². The molecule has 0 saturated heterocycles. The first-order chi connectivity index (χ1) is 15.3. The van der Waals surface area contributed by atoms with E-state index in [1.807, 2.05) is 0 Å². The highest BCUT2D eigenvalue weighted by Gasteiger charge is 2.36. The van der Waals surface area contributed by atoms with Gasteiger partial charge in [0.15, 0.2) is 20.7 Å². The summed E-state index contributed by atoms with van der Waals surface area (Å²) >= 11 is 0.934. The minimum atomic E-state index is -3.37. The Labute approximate surface area is 189 Å². The molecule has 3 rings (SSSR count). The van der Waals surface area contributed by atoms with Crippen LogP contribution in [0.1, 0.15) is 41.9 Å². The number of aliphatic hydroxyl groups is 1. The third-order valence-corrected chi connectivity index (χ3v) is 7.59. The van der Waals surface area contributed by atoms with Crippen LogP contribution in [-0.2, 0) is 24.2 Å². The molecule has 1 aromatic heterocycles. The van der Waals surface area contributed by atoms with Gasteiger partial charge < -0.3 is 14.7 Å². The van der Waals surface area contributed by atoms with Gasteiger partial charge in [-0.1, -0.05) is 28.6 Å². The number of sulfone groups is 1. The van der Waals surface area contributed by atoms with Crippen LogP contribution in [0.15, 0.2) is 40.5 Å². The fraction of sp³-hybridized carbons (Fsp3) is 0.400. The SMILES string of the molecule is CCOC(=O)c1cnc(NC(=O)/C(=N/O[C@H](C)CO)c2ccc(S(=O)(=O)C3CC3)cc2)s1. The summed E-state index contributed by atoms with van der Waals surface area (Å²) in [6, 6.07) is 5.77. The molecule has 1 amide bonds. The molecular formula is C20H23N3O7S2. The second kappa shape index (κ2) is 10.2. The number of amides is 1. The molecule has 1 heterocycles. The first-order valence-corrected chi connectivity index (χ1v) is 12.3. The molecule has 1 saturated carbocycles. The summed E-state index contributed by atoms with van der Waals surface area (Å²) in [5.74, 6) is -1.23. The van der Waals surface area contributed by atoms with Gasteiger partial charge in [-0.3, -0.25) is 10.1 Å².